The minimum Gasteiger partial charge on any atom is -0.399 e. The van der Waals surface area contributed by atoms with Crippen molar-refractivity contribution in [3.63, 3.8) is 0 Å². The summed E-state index contributed by atoms with van der Waals surface area (Å²) in [5, 5.41) is 2.52. The molecule has 0 amide bonds. The maximum absolute atomic E-state index is 6.22. The van der Waals surface area contributed by atoms with Gasteiger partial charge in [-0.05, 0) is 74.6 Å². The average molecular weight is 445 g/mol. The van der Waals surface area contributed by atoms with Crippen LogP contribution in [0, 0.1) is 0 Å². The lowest BCUT2D eigenvalue weighted by molar-refractivity contribution is 0.00578. The van der Waals surface area contributed by atoms with Crippen LogP contribution in [-0.4, -0.2) is 22.9 Å². The fourth-order valence-corrected chi connectivity index (χ4v) is 4.82. The molecule has 0 N–H and O–H groups in total. The molecule has 6 rings (SSSR count). The van der Waals surface area contributed by atoms with Crippen molar-refractivity contribution in [1.29, 1.82) is 0 Å². The van der Waals surface area contributed by atoms with Gasteiger partial charge in [0.2, 0.25) is 0 Å². The summed E-state index contributed by atoms with van der Waals surface area (Å²) >= 11 is 0. The molecule has 1 fully saturated rings. The predicted molar refractivity (Wildman–Crippen MR) is 142 cm³/mol. The smallest absolute Gasteiger partial charge is 0.399 e. The molecule has 0 spiro atoms. The number of nitrogens with zero attached hydrogens (tertiary/aromatic N) is 1. The molecule has 5 aromatic rings. The molecule has 1 aromatic heterocycles. The van der Waals surface area contributed by atoms with Crippen LogP contribution in [0.5, 0.6) is 0 Å². The lowest BCUT2D eigenvalue weighted by Gasteiger charge is -2.32. The summed E-state index contributed by atoms with van der Waals surface area (Å²) in [4.78, 5) is 0. The Morgan fingerprint density at radius 3 is 1.88 bits per heavy atom. The van der Waals surface area contributed by atoms with Gasteiger partial charge in [-0.3, -0.25) is 0 Å². The number of fused-ring (bicyclic) bond motifs is 3. The van der Waals surface area contributed by atoms with Crippen molar-refractivity contribution in [2.24, 2.45) is 0 Å². The van der Waals surface area contributed by atoms with Gasteiger partial charge in [-0.2, -0.15) is 0 Å². The Hall–Kier alpha value is -3.34. The average Bonchev–Trinajstić information content (AvgIpc) is 3.29. The molecular formula is C30H28BNO2. The number of benzene rings is 4. The van der Waals surface area contributed by atoms with Gasteiger partial charge in [0.25, 0.3) is 0 Å². The van der Waals surface area contributed by atoms with Crippen LogP contribution in [0.2, 0.25) is 0 Å². The van der Waals surface area contributed by atoms with Crippen molar-refractivity contribution in [2.75, 3.05) is 0 Å². The molecule has 0 bridgehead atoms. The largest absolute Gasteiger partial charge is 0.494 e. The van der Waals surface area contributed by atoms with Gasteiger partial charge in [-0.25, -0.2) is 0 Å². The molecule has 34 heavy (non-hydrogen) atoms. The third kappa shape index (κ3) is 3.29. The topological polar surface area (TPSA) is 23.4 Å². The van der Waals surface area contributed by atoms with Crippen LogP contribution in [0.4, 0.5) is 0 Å². The van der Waals surface area contributed by atoms with Crippen LogP contribution in [0.15, 0.2) is 97.1 Å². The molecule has 0 aliphatic carbocycles. The maximum Gasteiger partial charge on any atom is 0.494 e. The standard InChI is InChI=1S/C30H28BNO2/c1-29(2)30(3,4)34-31(33-29)23-17-14-21(15-18-23)22-16-19-28-26(20-22)25-12-8-9-13-27(25)32(28)24-10-6-5-7-11-24/h5-20H,1-4H3. The number of aromatic nitrogens is 1. The quantitative estimate of drug-likeness (QED) is 0.287. The normalized spacial score (nSPS) is 17.0. The zero-order valence-electron chi connectivity index (χ0n) is 20.1. The lowest BCUT2D eigenvalue weighted by Crippen LogP contribution is -2.41. The molecule has 0 saturated carbocycles. The van der Waals surface area contributed by atoms with Crippen molar-refractivity contribution in [1.82, 2.24) is 4.57 Å². The van der Waals surface area contributed by atoms with E-state index in [1.807, 2.05) is 0 Å². The summed E-state index contributed by atoms with van der Waals surface area (Å²) in [5.41, 5.74) is 6.35. The van der Waals surface area contributed by atoms with Gasteiger partial charge in [0, 0.05) is 16.5 Å². The van der Waals surface area contributed by atoms with Gasteiger partial charge < -0.3 is 13.9 Å². The first-order valence-corrected chi connectivity index (χ1v) is 11.9. The van der Waals surface area contributed by atoms with Crippen molar-refractivity contribution in [3.05, 3.63) is 97.1 Å². The molecular weight excluding hydrogens is 417 g/mol. The van der Waals surface area contributed by atoms with E-state index < -0.39 is 0 Å². The summed E-state index contributed by atoms with van der Waals surface area (Å²) in [7, 11) is -0.342. The highest BCUT2D eigenvalue weighted by atomic mass is 16.7. The first kappa shape index (κ1) is 21.2. The highest BCUT2D eigenvalue weighted by Crippen LogP contribution is 2.37. The Morgan fingerprint density at radius 2 is 1.18 bits per heavy atom. The highest BCUT2D eigenvalue weighted by Gasteiger charge is 2.51. The highest BCUT2D eigenvalue weighted by molar-refractivity contribution is 6.62. The van der Waals surface area contributed by atoms with E-state index in [1.54, 1.807) is 0 Å². The van der Waals surface area contributed by atoms with Crippen molar-refractivity contribution >= 4 is 34.4 Å². The van der Waals surface area contributed by atoms with E-state index in [4.69, 9.17) is 9.31 Å². The predicted octanol–water partition coefficient (Wildman–Crippen LogP) is 6.75. The minimum absolute atomic E-state index is 0.339. The molecule has 4 heteroatoms. The summed E-state index contributed by atoms with van der Waals surface area (Å²) in [6.07, 6.45) is 0. The number of para-hydroxylation sites is 2. The Balaban J connectivity index is 1.41. The Kier molecular flexibility index (Phi) is 4.74. The summed E-state index contributed by atoms with van der Waals surface area (Å²) in [6.45, 7) is 8.34. The van der Waals surface area contributed by atoms with Gasteiger partial charge in [0.15, 0.2) is 0 Å². The molecule has 1 aliphatic heterocycles. The molecule has 2 heterocycles. The van der Waals surface area contributed by atoms with Crippen LogP contribution < -0.4 is 5.46 Å². The lowest BCUT2D eigenvalue weighted by atomic mass is 9.78. The monoisotopic (exact) mass is 445 g/mol. The first-order chi connectivity index (χ1) is 16.3. The minimum atomic E-state index is -0.342. The van der Waals surface area contributed by atoms with Gasteiger partial charge >= 0.3 is 7.12 Å². The zero-order chi connectivity index (χ0) is 23.5. The fraction of sp³-hybridized carbons (Fsp3) is 0.200. The van der Waals surface area contributed by atoms with Gasteiger partial charge in [0.05, 0.1) is 22.2 Å². The van der Waals surface area contributed by atoms with Crippen LogP contribution >= 0.6 is 0 Å². The zero-order valence-corrected chi connectivity index (χ0v) is 20.1. The summed E-state index contributed by atoms with van der Waals surface area (Å²) < 4.78 is 14.8. The van der Waals surface area contributed by atoms with Crippen LogP contribution in [0.1, 0.15) is 27.7 Å². The fourth-order valence-electron chi connectivity index (χ4n) is 4.82. The van der Waals surface area contributed by atoms with E-state index in [0.29, 0.717) is 0 Å². The third-order valence-electron chi connectivity index (χ3n) is 7.46. The van der Waals surface area contributed by atoms with E-state index in [9.17, 15) is 0 Å². The van der Waals surface area contributed by atoms with Crippen LogP contribution in [0.25, 0.3) is 38.6 Å². The molecule has 4 aromatic carbocycles. The van der Waals surface area contributed by atoms with E-state index in [-0.39, 0.29) is 18.3 Å². The Labute approximate surface area is 201 Å². The van der Waals surface area contributed by atoms with Crippen molar-refractivity contribution in [2.45, 2.75) is 38.9 Å². The van der Waals surface area contributed by atoms with E-state index in [1.165, 1.54) is 38.6 Å². The van der Waals surface area contributed by atoms with Crippen molar-refractivity contribution < 1.29 is 9.31 Å². The molecule has 0 unspecified atom stereocenters. The Morgan fingerprint density at radius 1 is 0.588 bits per heavy atom. The summed E-state index contributed by atoms with van der Waals surface area (Å²) in [6, 6.07) is 34.5. The maximum atomic E-state index is 6.22. The molecule has 1 saturated heterocycles. The molecule has 1 aliphatic rings. The number of hydrogen-bond acceptors (Lipinski definition) is 2. The van der Waals surface area contributed by atoms with E-state index in [0.717, 1.165) is 5.46 Å². The SMILES string of the molecule is CC1(C)OB(c2ccc(-c3ccc4c(c3)c3ccccc3n4-c3ccccc3)cc2)OC1(C)C. The second kappa shape index (κ2) is 7.59. The van der Waals surface area contributed by atoms with Crippen molar-refractivity contribution in [3.8, 4) is 16.8 Å². The number of rotatable bonds is 3. The second-order valence-corrected chi connectivity index (χ2v) is 10.1. The molecule has 0 radical (unpaired) electrons. The molecule has 0 atom stereocenters. The van der Waals surface area contributed by atoms with Gasteiger partial charge in [0.1, 0.15) is 0 Å². The Bertz CT molecular complexity index is 1480. The van der Waals surface area contributed by atoms with E-state index in [2.05, 4.69) is 129 Å². The first-order valence-electron chi connectivity index (χ1n) is 11.9. The number of hydrogen-bond donors (Lipinski definition) is 0. The van der Waals surface area contributed by atoms with E-state index >= 15 is 0 Å². The van der Waals surface area contributed by atoms with Gasteiger partial charge in [-0.15, -0.1) is 0 Å². The summed E-state index contributed by atoms with van der Waals surface area (Å²) in [5.74, 6) is 0. The third-order valence-corrected chi connectivity index (χ3v) is 7.46. The van der Waals surface area contributed by atoms with Crippen LogP contribution in [0.3, 0.4) is 0 Å². The van der Waals surface area contributed by atoms with Crippen LogP contribution in [-0.2, 0) is 9.31 Å². The molecule has 168 valence electrons. The second-order valence-electron chi connectivity index (χ2n) is 10.1. The molecule has 3 nitrogen and oxygen atoms in total. The van der Waals surface area contributed by atoms with Gasteiger partial charge in [-0.1, -0.05) is 66.7 Å².